The normalized spacial score (nSPS) is 24.5. The molecule has 2 saturated carbocycles. The summed E-state index contributed by atoms with van der Waals surface area (Å²) in [6.07, 6.45) is 17.3. The smallest absolute Gasteiger partial charge is 0.0582 e. The van der Waals surface area contributed by atoms with Crippen molar-refractivity contribution in [2.24, 2.45) is 15.2 Å². The standard InChI is InChI=1S/C8H15.C6H11.C5H11N.CH3.Nb/c1-7-4-3-5-8(2)6-7;1-2-4-6-5-3-1;1-4-5(2,3)6;;/h4,7-8H,3,5-6H2,1-2H3;1H,2-6H2;4H2,1-3H3;1H3;/q2*-1;;-1;. The fourth-order valence-corrected chi connectivity index (χ4v) is 2.83. The Hall–Kier alpha value is 0.540. The zero-order valence-corrected chi connectivity index (χ0v) is 18.3. The molecule has 0 aromatic rings. The van der Waals surface area contributed by atoms with Gasteiger partial charge in [-0.05, 0) is 5.92 Å². The molecule has 133 valence electrons. The Labute approximate surface area is 154 Å². The predicted octanol–water partition coefficient (Wildman–Crippen LogP) is 7.16. The van der Waals surface area contributed by atoms with Crippen molar-refractivity contribution in [2.75, 3.05) is 0 Å². The van der Waals surface area contributed by atoms with E-state index in [1.165, 1.54) is 51.4 Å². The molecule has 2 fully saturated rings. The molecule has 0 spiro atoms. The first kappa shape index (κ1) is 24.8. The average molecular weight is 387 g/mol. The van der Waals surface area contributed by atoms with Gasteiger partial charge in [-0.25, -0.2) is 0 Å². The van der Waals surface area contributed by atoms with Gasteiger partial charge in [-0.15, -0.1) is 0 Å². The molecule has 2 aliphatic rings. The molecule has 0 bridgehead atoms. The summed E-state index contributed by atoms with van der Waals surface area (Å²) in [7, 11) is 0. The minimum atomic E-state index is 0. The van der Waals surface area contributed by atoms with Gasteiger partial charge in [0.1, 0.15) is 0 Å². The van der Waals surface area contributed by atoms with Crippen LogP contribution in [-0.2, 0) is 20.9 Å². The van der Waals surface area contributed by atoms with E-state index in [-0.39, 0.29) is 13.0 Å². The van der Waals surface area contributed by atoms with Gasteiger partial charge in [0.05, 0.1) is 0 Å². The van der Waals surface area contributed by atoms with Crippen LogP contribution in [0.4, 0.5) is 0 Å². The summed E-state index contributed by atoms with van der Waals surface area (Å²) >= 11 is 1.55. The molecule has 0 saturated heterocycles. The molecule has 0 N–H and O–H groups in total. The topological polar surface area (TPSA) is 12.4 Å². The van der Waals surface area contributed by atoms with Crippen molar-refractivity contribution in [3.8, 4) is 0 Å². The van der Waals surface area contributed by atoms with Gasteiger partial charge in [0, 0.05) is 0 Å². The Morgan fingerprint density at radius 1 is 1.09 bits per heavy atom. The van der Waals surface area contributed by atoms with Crippen LogP contribution in [0.15, 0.2) is 3.34 Å². The molecular formula is C20H40NNb-3. The summed E-state index contributed by atoms with van der Waals surface area (Å²) in [6, 6.07) is 0. The molecule has 2 atom stereocenters. The minimum absolute atomic E-state index is 0. The summed E-state index contributed by atoms with van der Waals surface area (Å²) in [5.41, 5.74) is 0.231. The van der Waals surface area contributed by atoms with E-state index in [9.17, 15) is 0 Å². The molecule has 0 heterocycles. The van der Waals surface area contributed by atoms with E-state index in [0.29, 0.717) is 0 Å². The van der Waals surface area contributed by atoms with Crippen LogP contribution in [0.1, 0.15) is 92.4 Å². The fourth-order valence-electron chi connectivity index (χ4n) is 2.48. The van der Waals surface area contributed by atoms with Gasteiger partial charge in [-0.1, -0.05) is 46.0 Å². The van der Waals surface area contributed by atoms with Gasteiger partial charge >= 0.3 is 57.0 Å². The summed E-state index contributed by atoms with van der Waals surface area (Å²) in [5, 5.41) is 0. The van der Waals surface area contributed by atoms with Gasteiger partial charge in [-0.3, -0.25) is 0 Å². The molecule has 0 aromatic carbocycles. The van der Waals surface area contributed by atoms with Gasteiger partial charge in [0.15, 0.2) is 0 Å². The Balaban J connectivity index is 0. The molecule has 0 aromatic heterocycles. The van der Waals surface area contributed by atoms with Crippen LogP contribution in [0.2, 0.25) is 0 Å². The van der Waals surface area contributed by atoms with E-state index in [4.69, 9.17) is 0 Å². The van der Waals surface area contributed by atoms with Crippen LogP contribution >= 0.6 is 0 Å². The van der Waals surface area contributed by atoms with Crippen LogP contribution in [0, 0.1) is 32.1 Å². The fraction of sp³-hybridized carbons (Fsp3) is 0.850. The second-order valence-corrected chi connectivity index (χ2v) is 7.82. The van der Waals surface area contributed by atoms with Crippen LogP contribution in [0.3, 0.4) is 0 Å². The molecule has 2 heteroatoms. The zero-order chi connectivity index (χ0) is 16.1. The van der Waals surface area contributed by atoms with E-state index >= 15 is 0 Å². The second-order valence-electron chi connectivity index (χ2n) is 7.32. The van der Waals surface area contributed by atoms with Crippen LogP contribution < -0.4 is 0 Å². The maximum absolute atomic E-state index is 4.19. The Morgan fingerprint density at radius 3 is 1.86 bits per heavy atom. The van der Waals surface area contributed by atoms with E-state index < -0.39 is 0 Å². The van der Waals surface area contributed by atoms with E-state index in [1.54, 1.807) is 20.9 Å². The number of rotatable bonds is 2. The molecular weight excluding hydrogens is 347 g/mol. The van der Waals surface area contributed by atoms with Crippen molar-refractivity contribution in [3.63, 3.8) is 0 Å². The molecule has 0 aliphatic heterocycles. The van der Waals surface area contributed by atoms with Crippen molar-refractivity contribution in [1.82, 2.24) is 0 Å². The van der Waals surface area contributed by atoms with Crippen LogP contribution in [-0.4, -0.2) is 5.54 Å². The largest absolute Gasteiger partial charge is 0.358 e. The SMILES string of the molecule is CC1[CH-]CCC(C)C1.CCC(C)(C)[N]=[Nb].[CH-]1CCCCC1.[CH3-]. The van der Waals surface area contributed by atoms with Crippen molar-refractivity contribution < 1.29 is 20.9 Å². The van der Waals surface area contributed by atoms with E-state index in [0.717, 1.165) is 18.3 Å². The monoisotopic (exact) mass is 387 g/mol. The maximum atomic E-state index is 4.19. The summed E-state index contributed by atoms with van der Waals surface area (Å²) in [5.74, 6) is 1.87. The Kier molecular flexibility index (Phi) is 17.0. The first-order valence-corrected chi connectivity index (χ1v) is 9.91. The minimum Gasteiger partial charge on any atom is -0.358 e. The number of hydrogen-bond acceptors (Lipinski definition) is 1. The first-order valence-electron chi connectivity index (χ1n) is 8.92. The van der Waals surface area contributed by atoms with Gasteiger partial charge in [0.25, 0.3) is 0 Å². The van der Waals surface area contributed by atoms with E-state index in [2.05, 4.69) is 50.8 Å². The number of hydrogen-bond donors (Lipinski definition) is 0. The quantitative estimate of drug-likeness (QED) is 0.352. The molecule has 22 heavy (non-hydrogen) atoms. The van der Waals surface area contributed by atoms with Crippen LogP contribution in [0.5, 0.6) is 0 Å². The molecule has 2 aliphatic carbocycles. The van der Waals surface area contributed by atoms with Gasteiger partial charge in [0.2, 0.25) is 0 Å². The molecule has 0 radical (unpaired) electrons. The van der Waals surface area contributed by atoms with Crippen molar-refractivity contribution in [1.29, 1.82) is 0 Å². The van der Waals surface area contributed by atoms with Crippen LogP contribution in [0.25, 0.3) is 0 Å². The summed E-state index contributed by atoms with van der Waals surface area (Å²) in [4.78, 5) is 0. The molecule has 1 nitrogen and oxygen atoms in total. The Morgan fingerprint density at radius 2 is 1.68 bits per heavy atom. The number of nitrogens with zero attached hydrogens (tertiary/aromatic N) is 1. The summed E-state index contributed by atoms with van der Waals surface area (Å²) < 4.78 is 4.19. The first-order chi connectivity index (χ1) is 9.91. The third kappa shape index (κ3) is 15.4. The summed E-state index contributed by atoms with van der Waals surface area (Å²) in [6.45, 7) is 11.1. The predicted molar refractivity (Wildman–Crippen MR) is 97.1 cm³/mol. The molecule has 2 unspecified atom stereocenters. The molecule has 2 rings (SSSR count). The van der Waals surface area contributed by atoms with E-state index in [1.807, 2.05) is 0 Å². The third-order valence-electron chi connectivity index (χ3n) is 4.46. The molecule has 0 amide bonds. The van der Waals surface area contributed by atoms with Gasteiger partial charge in [-0.2, -0.15) is 25.2 Å². The Bertz CT molecular complexity index is 227. The second kappa shape index (κ2) is 15.1. The maximum Gasteiger partial charge on any atom is -0.0582 e. The van der Waals surface area contributed by atoms with Crippen molar-refractivity contribution in [2.45, 2.75) is 97.9 Å². The van der Waals surface area contributed by atoms with Crippen molar-refractivity contribution in [3.05, 3.63) is 20.3 Å². The average Bonchev–Trinajstić information content (AvgIpc) is 2.50. The zero-order valence-electron chi connectivity index (χ0n) is 16.1. The third-order valence-corrected chi connectivity index (χ3v) is 5.79. The van der Waals surface area contributed by atoms with Gasteiger partial charge < -0.3 is 20.3 Å². The van der Waals surface area contributed by atoms with Crippen molar-refractivity contribution >= 4 is 0 Å².